The second-order valence-corrected chi connectivity index (χ2v) is 6.00. The molecule has 1 aromatic carbocycles. The molecule has 21 heavy (non-hydrogen) atoms. The third-order valence-electron chi connectivity index (χ3n) is 2.69. The molecule has 0 spiro atoms. The van der Waals surface area contributed by atoms with Crippen LogP contribution in [0.3, 0.4) is 0 Å². The molecule has 2 aromatic rings. The molecule has 0 bridgehead atoms. The summed E-state index contributed by atoms with van der Waals surface area (Å²) in [5.74, 6) is 2.06. The molecule has 2 N–H and O–H groups in total. The summed E-state index contributed by atoms with van der Waals surface area (Å²) in [4.78, 5) is 8.67. The maximum Gasteiger partial charge on any atom is 0.224 e. The molecule has 1 aromatic heterocycles. The predicted octanol–water partition coefficient (Wildman–Crippen LogP) is 4.58. The van der Waals surface area contributed by atoms with Crippen molar-refractivity contribution < 1.29 is 4.74 Å². The van der Waals surface area contributed by atoms with Crippen molar-refractivity contribution in [3.8, 4) is 5.75 Å². The van der Waals surface area contributed by atoms with Crippen molar-refractivity contribution in [1.29, 1.82) is 0 Å². The Balaban J connectivity index is 2.22. The molecule has 0 aliphatic heterocycles. The van der Waals surface area contributed by atoms with E-state index in [1.54, 1.807) is 13.3 Å². The fraction of sp³-hybridized carbons (Fsp3) is 0.286. The number of aromatic nitrogens is 2. The van der Waals surface area contributed by atoms with E-state index in [0.29, 0.717) is 11.8 Å². The Kier molecular flexibility index (Phi) is 5.81. The lowest BCUT2D eigenvalue weighted by atomic mass is 10.3. The smallest absolute Gasteiger partial charge is 0.224 e. The van der Waals surface area contributed by atoms with Crippen LogP contribution in [0.2, 0.25) is 0 Å². The lowest BCUT2D eigenvalue weighted by molar-refractivity contribution is 0.412. The number of rotatable bonds is 6. The Morgan fingerprint density at radius 3 is 2.76 bits per heavy atom. The molecular formula is C14H16Br2N4O. The highest BCUT2D eigenvalue weighted by molar-refractivity contribution is 9.11. The molecule has 0 radical (unpaired) electrons. The number of ether oxygens (including phenoxy) is 1. The average Bonchev–Trinajstić information content (AvgIpc) is 2.50. The van der Waals surface area contributed by atoms with Crippen LogP contribution in [0.4, 0.5) is 17.5 Å². The van der Waals surface area contributed by atoms with Gasteiger partial charge in [-0.3, -0.25) is 0 Å². The number of anilines is 3. The number of hydrogen-bond acceptors (Lipinski definition) is 5. The first-order valence-corrected chi connectivity index (χ1v) is 8.09. The zero-order valence-corrected chi connectivity index (χ0v) is 15.0. The van der Waals surface area contributed by atoms with E-state index in [-0.39, 0.29) is 0 Å². The topological polar surface area (TPSA) is 59.1 Å². The number of hydrogen-bond donors (Lipinski definition) is 2. The molecule has 0 saturated heterocycles. The van der Waals surface area contributed by atoms with Crippen LogP contribution < -0.4 is 15.4 Å². The van der Waals surface area contributed by atoms with Crippen LogP contribution >= 0.6 is 31.9 Å². The second-order valence-electron chi connectivity index (χ2n) is 4.29. The summed E-state index contributed by atoms with van der Waals surface area (Å²) in [6.07, 6.45) is 2.75. The molecule has 0 aliphatic rings. The van der Waals surface area contributed by atoms with Gasteiger partial charge in [0.05, 0.1) is 16.1 Å². The summed E-state index contributed by atoms with van der Waals surface area (Å²) in [5, 5.41) is 6.42. The minimum Gasteiger partial charge on any atom is -0.495 e. The number of nitrogens with one attached hydrogen (secondary N) is 2. The van der Waals surface area contributed by atoms with Crippen LogP contribution in [0.5, 0.6) is 5.75 Å². The summed E-state index contributed by atoms with van der Waals surface area (Å²) in [6.45, 7) is 2.94. The third-order valence-corrected chi connectivity index (χ3v) is 3.93. The summed E-state index contributed by atoms with van der Waals surface area (Å²) in [5.41, 5.74) is 0.885. The van der Waals surface area contributed by atoms with E-state index >= 15 is 0 Å². The Morgan fingerprint density at radius 1 is 1.24 bits per heavy atom. The largest absolute Gasteiger partial charge is 0.495 e. The number of benzene rings is 1. The lowest BCUT2D eigenvalue weighted by Crippen LogP contribution is -2.06. The third kappa shape index (κ3) is 4.31. The van der Waals surface area contributed by atoms with Crippen molar-refractivity contribution in [2.45, 2.75) is 13.3 Å². The van der Waals surface area contributed by atoms with Gasteiger partial charge in [-0.15, -0.1) is 0 Å². The molecular weight excluding hydrogens is 400 g/mol. The molecule has 0 amide bonds. The summed E-state index contributed by atoms with van der Waals surface area (Å²) < 4.78 is 6.99. The Labute approximate surface area is 140 Å². The molecule has 1 heterocycles. The predicted molar refractivity (Wildman–Crippen MR) is 92.5 cm³/mol. The highest BCUT2D eigenvalue weighted by atomic mass is 79.9. The van der Waals surface area contributed by atoms with Gasteiger partial charge in [0.25, 0.3) is 0 Å². The van der Waals surface area contributed by atoms with Crippen molar-refractivity contribution in [2.24, 2.45) is 0 Å². The molecule has 0 fully saturated rings. The zero-order chi connectivity index (χ0) is 15.2. The van der Waals surface area contributed by atoms with E-state index in [9.17, 15) is 0 Å². The lowest BCUT2D eigenvalue weighted by Gasteiger charge is -2.11. The van der Waals surface area contributed by atoms with E-state index in [1.807, 2.05) is 18.2 Å². The van der Waals surface area contributed by atoms with Crippen LogP contribution in [0.15, 0.2) is 33.3 Å². The van der Waals surface area contributed by atoms with E-state index in [0.717, 1.165) is 33.3 Å². The first kappa shape index (κ1) is 16.0. The van der Waals surface area contributed by atoms with Gasteiger partial charge >= 0.3 is 0 Å². The monoisotopic (exact) mass is 414 g/mol. The van der Waals surface area contributed by atoms with Crippen LogP contribution in [0, 0.1) is 0 Å². The minimum absolute atomic E-state index is 0.603. The molecule has 0 aliphatic carbocycles. The quantitative estimate of drug-likeness (QED) is 0.723. The minimum atomic E-state index is 0.603. The van der Waals surface area contributed by atoms with Gasteiger partial charge in [-0.1, -0.05) is 6.92 Å². The average molecular weight is 416 g/mol. The van der Waals surface area contributed by atoms with Crippen molar-refractivity contribution >= 4 is 49.3 Å². The summed E-state index contributed by atoms with van der Waals surface area (Å²) in [6, 6.07) is 5.77. The fourth-order valence-corrected chi connectivity index (χ4v) is 2.35. The van der Waals surface area contributed by atoms with Crippen LogP contribution in [0.25, 0.3) is 0 Å². The van der Waals surface area contributed by atoms with Crippen LogP contribution in [-0.2, 0) is 0 Å². The summed E-state index contributed by atoms with van der Waals surface area (Å²) >= 11 is 6.88. The highest BCUT2D eigenvalue weighted by Crippen LogP contribution is 2.30. The van der Waals surface area contributed by atoms with E-state index in [1.165, 1.54) is 0 Å². The van der Waals surface area contributed by atoms with E-state index in [4.69, 9.17) is 4.74 Å². The molecule has 112 valence electrons. The van der Waals surface area contributed by atoms with Crippen LogP contribution in [-0.4, -0.2) is 23.6 Å². The highest BCUT2D eigenvalue weighted by Gasteiger charge is 2.07. The van der Waals surface area contributed by atoms with Crippen molar-refractivity contribution in [2.75, 3.05) is 24.3 Å². The second kappa shape index (κ2) is 7.61. The molecule has 2 rings (SSSR count). The standard InChI is InChI=1S/C14H16Br2N4O/c1-3-6-17-14-18-8-11(16)13(20-14)19-9-4-5-10(15)12(7-9)21-2/h4-5,7-8H,3,6H2,1-2H3,(H2,17,18,19,20). The normalized spacial score (nSPS) is 10.3. The SMILES string of the molecule is CCCNc1ncc(Br)c(Nc2ccc(Br)c(OC)c2)n1. The Morgan fingerprint density at radius 2 is 2.05 bits per heavy atom. The van der Waals surface area contributed by atoms with Gasteiger partial charge < -0.3 is 15.4 Å². The molecule has 0 atom stereocenters. The number of halogens is 2. The van der Waals surface area contributed by atoms with Gasteiger partial charge in [0.1, 0.15) is 11.6 Å². The van der Waals surface area contributed by atoms with Crippen molar-refractivity contribution in [1.82, 2.24) is 9.97 Å². The van der Waals surface area contributed by atoms with Crippen molar-refractivity contribution in [3.63, 3.8) is 0 Å². The van der Waals surface area contributed by atoms with Gasteiger partial charge in [0, 0.05) is 24.5 Å². The van der Waals surface area contributed by atoms with Gasteiger partial charge in [-0.05, 0) is 50.4 Å². The molecule has 0 unspecified atom stereocenters. The molecule has 5 nitrogen and oxygen atoms in total. The van der Waals surface area contributed by atoms with E-state index < -0.39 is 0 Å². The van der Waals surface area contributed by atoms with Crippen LogP contribution in [0.1, 0.15) is 13.3 Å². The van der Waals surface area contributed by atoms with E-state index in [2.05, 4.69) is 59.4 Å². The molecule has 0 saturated carbocycles. The van der Waals surface area contributed by atoms with Gasteiger partial charge in [0.2, 0.25) is 5.95 Å². The van der Waals surface area contributed by atoms with Gasteiger partial charge in [0.15, 0.2) is 0 Å². The maximum absolute atomic E-state index is 5.29. The molecule has 7 heteroatoms. The summed E-state index contributed by atoms with van der Waals surface area (Å²) in [7, 11) is 1.64. The maximum atomic E-state index is 5.29. The number of nitrogens with zero attached hydrogens (tertiary/aromatic N) is 2. The van der Waals surface area contributed by atoms with Gasteiger partial charge in [-0.25, -0.2) is 4.98 Å². The Hall–Kier alpha value is -1.34. The number of methoxy groups -OCH3 is 1. The first-order chi connectivity index (χ1) is 10.1. The van der Waals surface area contributed by atoms with Gasteiger partial charge in [-0.2, -0.15) is 4.98 Å². The zero-order valence-electron chi connectivity index (χ0n) is 11.8. The fourth-order valence-electron chi connectivity index (χ4n) is 1.65. The van der Waals surface area contributed by atoms with Crippen molar-refractivity contribution in [3.05, 3.63) is 33.3 Å². The Bertz CT molecular complexity index is 622. The first-order valence-electron chi connectivity index (χ1n) is 6.51.